The van der Waals surface area contributed by atoms with Gasteiger partial charge < -0.3 is 32.7 Å². The van der Waals surface area contributed by atoms with Crippen LogP contribution in [0.4, 0.5) is 11.4 Å². The molecule has 8 N–H and O–H groups in total. The summed E-state index contributed by atoms with van der Waals surface area (Å²) in [4.78, 5) is 53.8. The van der Waals surface area contributed by atoms with Gasteiger partial charge in [0.25, 0.3) is 5.69 Å². The third-order valence-electron chi connectivity index (χ3n) is 6.22. The first-order chi connectivity index (χ1) is 18.7. The second-order valence-electron chi connectivity index (χ2n) is 9.20. The molecule has 3 atom stereocenters. The number of nitrogens with two attached hydrogens (primary N) is 2. The molecule has 0 radical (unpaired) electrons. The van der Waals surface area contributed by atoms with Gasteiger partial charge in [0, 0.05) is 30.8 Å². The fourth-order valence-electron chi connectivity index (χ4n) is 4.18. The Morgan fingerprint density at radius 1 is 1.00 bits per heavy atom. The van der Waals surface area contributed by atoms with Gasteiger partial charge in [0.15, 0.2) is 5.96 Å². The number of nitro groups is 1. The third-order valence-corrected chi connectivity index (χ3v) is 6.22. The van der Waals surface area contributed by atoms with Crippen LogP contribution in [0.1, 0.15) is 31.2 Å². The van der Waals surface area contributed by atoms with E-state index in [1.165, 1.54) is 24.3 Å². The Hall–Kier alpha value is -3.94. The summed E-state index contributed by atoms with van der Waals surface area (Å²) in [7, 11) is 0. The molecule has 1 fully saturated rings. The molecule has 0 aliphatic carbocycles. The van der Waals surface area contributed by atoms with Crippen molar-refractivity contribution >= 4 is 59.9 Å². The van der Waals surface area contributed by atoms with Gasteiger partial charge in [0.05, 0.1) is 11.0 Å². The maximum atomic E-state index is 13.5. The number of halogens is 2. The number of carbonyl (C=O) groups excluding carboxylic acids is 3. The monoisotopic (exact) mass is 610 g/mol. The number of nitro benzene ring substituents is 1. The number of amides is 3. The van der Waals surface area contributed by atoms with E-state index in [1.807, 2.05) is 30.3 Å². The van der Waals surface area contributed by atoms with E-state index in [2.05, 4.69) is 26.3 Å². The number of non-ortho nitro benzene ring substituents is 1. The average Bonchev–Trinajstić information content (AvgIpc) is 3.46. The van der Waals surface area contributed by atoms with E-state index in [0.717, 1.165) is 18.5 Å². The first-order valence-electron chi connectivity index (χ1n) is 12.7. The Labute approximate surface area is 250 Å². The number of anilines is 1. The van der Waals surface area contributed by atoms with Crippen LogP contribution in [0.3, 0.4) is 0 Å². The lowest BCUT2D eigenvalue weighted by molar-refractivity contribution is -0.384. The molecule has 2 aromatic carbocycles. The number of hydrogen-bond acceptors (Lipinski definition) is 7. The molecule has 15 heteroatoms. The Morgan fingerprint density at radius 3 is 2.27 bits per heavy atom. The summed E-state index contributed by atoms with van der Waals surface area (Å²) in [5.74, 6) is -1.40. The molecule has 41 heavy (non-hydrogen) atoms. The summed E-state index contributed by atoms with van der Waals surface area (Å²) < 4.78 is 0. The van der Waals surface area contributed by atoms with Crippen molar-refractivity contribution in [3.63, 3.8) is 0 Å². The van der Waals surface area contributed by atoms with Crippen LogP contribution in [0.25, 0.3) is 0 Å². The number of benzene rings is 2. The van der Waals surface area contributed by atoms with Crippen LogP contribution in [-0.2, 0) is 20.8 Å². The van der Waals surface area contributed by atoms with E-state index in [9.17, 15) is 24.5 Å². The van der Waals surface area contributed by atoms with Crippen molar-refractivity contribution in [1.29, 1.82) is 0 Å². The van der Waals surface area contributed by atoms with Crippen molar-refractivity contribution in [1.82, 2.24) is 16.0 Å². The molecular weight excluding hydrogens is 575 g/mol. The number of nitrogens with one attached hydrogen (secondary N) is 4. The van der Waals surface area contributed by atoms with Crippen LogP contribution in [-0.4, -0.2) is 59.8 Å². The van der Waals surface area contributed by atoms with Gasteiger partial charge in [0.2, 0.25) is 17.7 Å². The number of aliphatic imine (C=N–C) groups is 1. The van der Waals surface area contributed by atoms with Gasteiger partial charge in [-0.1, -0.05) is 30.3 Å². The SMILES string of the molecule is Cl.Cl.NC(N)=NCCC[C@H](NC(=O)[C@H](Cc1ccccc1)NC(=O)[C@H]1CCCN1)C(=O)Nc1ccc([N+](=O)[O-])cc1. The van der Waals surface area contributed by atoms with E-state index in [-0.39, 0.29) is 67.8 Å². The maximum absolute atomic E-state index is 13.5. The molecule has 224 valence electrons. The van der Waals surface area contributed by atoms with Crippen molar-refractivity contribution in [2.45, 2.75) is 50.2 Å². The molecule has 1 saturated heterocycles. The van der Waals surface area contributed by atoms with Gasteiger partial charge in [-0.3, -0.25) is 29.5 Å². The minimum atomic E-state index is -0.985. The minimum absolute atomic E-state index is 0. The molecule has 0 spiro atoms. The largest absolute Gasteiger partial charge is 0.370 e. The van der Waals surface area contributed by atoms with Crippen LogP contribution in [0.2, 0.25) is 0 Å². The highest BCUT2D eigenvalue weighted by atomic mass is 35.5. The van der Waals surface area contributed by atoms with Gasteiger partial charge >= 0.3 is 0 Å². The summed E-state index contributed by atoms with van der Waals surface area (Å²) >= 11 is 0. The Kier molecular flexibility index (Phi) is 15.1. The minimum Gasteiger partial charge on any atom is -0.370 e. The van der Waals surface area contributed by atoms with Gasteiger partial charge in [0.1, 0.15) is 12.1 Å². The van der Waals surface area contributed by atoms with E-state index in [4.69, 9.17) is 11.5 Å². The van der Waals surface area contributed by atoms with Gasteiger partial charge in [-0.05, 0) is 49.9 Å². The molecule has 13 nitrogen and oxygen atoms in total. The molecule has 3 rings (SSSR count). The number of guanidine groups is 1. The van der Waals surface area contributed by atoms with E-state index in [0.29, 0.717) is 18.5 Å². The summed E-state index contributed by atoms with van der Waals surface area (Å²) in [6, 6.07) is 12.3. The number of carbonyl (C=O) groups is 3. The quantitative estimate of drug-likeness (QED) is 0.0640. The lowest BCUT2D eigenvalue weighted by atomic mass is 10.0. The van der Waals surface area contributed by atoms with Crippen LogP contribution >= 0.6 is 24.8 Å². The zero-order valence-electron chi connectivity index (χ0n) is 22.3. The van der Waals surface area contributed by atoms with E-state index >= 15 is 0 Å². The second-order valence-corrected chi connectivity index (χ2v) is 9.20. The maximum Gasteiger partial charge on any atom is 0.269 e. The molecule has 1 aliphatic rings. The van der Waals surface area contributed by atoms with Crippen LogP contribution < -0.4 is 32.7 Å². The zero-order valence-corrected chi connectivity index (χ0v) is 23.9. The summed E-state index contributed by atoms with van der Waals surface area (Å²) in [6.45, 7) is 0.978. The predicted molar refractivity (Wildman–Crippen MR) is 161 cm³/mol. The highest BCUT2D eigenvalue weighted by Gasteiger charge is 2.30. The molecule has 0 bridgehead atoms. The summed E-state index contributed by atoms with van der Waals surface area (Å²) in [6.07, 6.45) is 2.37. The van der Waals surface area contributed by atoms with Crippen LogP contribution in [0.5, 0.6) is 0 Å². The fraction of sp³-hybridized carbons (Fsp3) is 0.385. The first-order valence-corrected chi connectivity index (χ1v) is 12.7. The Balaban J connectivity index is 0.00000420. The van der Waals surface area contributed by atoms with Crippen molar-refractivity contribution < 1.29 is 19.3 Å². The summed E-state index contributed by atoms with van der Waals surface area (Å²) in [5.41, 5.74) is 11.8. The molecule has 0 unspecified atom stereocenters. The Bertz CT molecular complexity index is 1170. The van der Waals surface area contributed by atoms with Gasteiger partial charge in [-0.2, -0.15) is 0 Å². The lowest BCUT2D eigenvalue weighted by Crippen LogP contribution is -2.55. The molecule has 0 aromatic heterocycles. The van der Waals surface area contributed by atoms with Crippen molar-refractivity contribution in [2.24, 2.45) is 16.5 Å². The van der Waals surface area contributed by atoms with E-state index < -0.39 is 28.8 Å². The second kappa shape index (κ2) is 17.7. The summed E-state index contributed by atoms with van der Waals surface area (Å²) in [5, 5.41) is 22.3. The lowest BCUT2D eigenvalue weighted by Gasteiger charge is -2.24. The molecule has 2 aromatic rings. The smallest absolute Gasteiger partial charge is 0.269 e. The van der Waals surface area contributed by atoms with Crippen LogP contribution in [0.15, 0.2) is 59.6 Å². The normalized spacial score (nSPS) is 15.2. The standard InChI is InChI=1S/C26H34N8O5.2ClH/c27-26(28)30-15-5-9-21(24(36)31-18-10-12-19(13-11-18)34(38)39)32-25(37)22(16-17-6-2-1-3-7-17)33-23(35)20-8-4-14-29-20;;/h1-3,6-7,10-13,20-22,29H,4-5,8-9,14-16H2,(H,31,36)(H,32,37)(H,33,35)(H4,27,28,30);2*1H/t20-,21+,22+;;/m1../s1. The number of nitrogens with zero attached hydrogens (tertiary/aromatic N) is 2. The highest BCUT2D eigenvalue weighted by molar-refractivity contribution is 5.98. The molecule has 3 amide bonds. The van der Waals surface area contributed by atoms with Crippen molar-refractivity contribution in [3.8, 4) is 0 Å². The number of hydrogen-bond donors (Lipinski definition) is 6. The average molecular weight is 612 g/mol. The number of rotatable bonds is 13. The van der Waals surface area contributed by atoms with Crippen molar-refractivity contribution in [2.75, 3.05) is 18.4 Å². The highest BCUT2D eigenvalue weighted by Crippen LogP contribution is 2.16. The fourth-order valence-corrected chi connectivity index (χ4v) is 4.18. The van der Waals surface area contributed by atoms with Crippen molar-refractivity contribution in [3.05, 3.63) is 70.3 Å². The zero-order chi connectivity index (χ0) is 28.2. The topological polar surface area (TPSA) is 207 Å². The molecular formula is C26H36Cl2N8O5. The predicted octanol–water partition coefficient (Wildman–Crippen LogP) is 1.39. The molecule has 1 heterocycles. The third kappa shape index (κ3) is 11.6. The van der Waals surface area contributed by atoms with Gasteiger partial charge in [-0.15, -0.1) is 24.8 Å². The molecule has 1 aliphatic heterocycles. The van der Waals surface area contributed by atoms with Gasteiger partial charge in [-0.25, -0.2) is 0 Å². The van der Waals surface area contributed by atoms with E-state index in [1.54, 1.807) is 0 Å². The van der Waals surface area contributed by atoms with Crippen LogP contribution in [0, 0.1) is 10.1 Å². The Morgan fingerprint density at radius 2 is 1.68 bits per heavy atom. The molecule has 0 saturated carbocycles. The first kappa shape index (κ1) is 35.1.